The smallest absolute Gasteiger partial charge is 0.146 e. The number of rotatable bonds is 2. The van der Waals surface area contributed by atoms with Gasteiger partial charge in [0, 0.05) is 6.42 Å². The Morgan fingerprint density at radius 1 is 1.38 bits per heavy atom. The summed E-state index contributed by atoms with van der Waals surface area (Å²) < 4.78 is 0. The zero-order valence-corrected chi connectivity index (χ0v) is 5.07. The van der Waals surface area contributed by atoms with Crippen molar-refractivity contribution in [2.75, 3.05) is 0 Å². The van der Waals surface area contributed by atoms with Gasteiger partial charge in [-0.15, -0.1) is 15.6 Å². The zero-order chi connectivity index (χ0) is 6.78. The summed E-state index contributed by atoms with van der Waals surface area (Å²) in [5.41, 5.74) is 0. The summed E-state index contributed by atoms with van der Waals surface area (Å²) in [7, 11) is 0. The molecule has 0 heterocycles. The summed E-state index contributed by atoms with van der Waals surface area (Å²) in [4.78, 5) is -1.92. The average Bonchev–Trinajstić information content (AvgIpc) is 1.62. The number of quaternary nitrogens is 1. The monoisotopic (exact) mass is 122 g/mol. The molecule has 0 fully saturated rings. The van der Waals surface area contributed by atoms with Crippen LogP contribution >= 0.6 is 0 Å². The van der Waals surface area contributed by atoms with Crippen LogP contribution in [0.2, 0.25) is 0 Å². The molecule has 50 valence electrons. The van der Waals surface area contributed by atoms with Crippen molar-refractivity contribution in [3.63, 3.8) is 0 Å². The molecule has 4 heteroatoms. The second kappa shape index (κ2) is 2.41. The lowest BCUT2D eigenvalue weighted by molar-refractivity contribution is -1.38. The Labute approximate surface area is 48.0 Å². The molecule has 1 atom stereocenters. The fourth-order valence-corrected chi connectivity index (χ4v) is 0.245. The first-order valence-corrected chi connectivity index (χ1v) is 2.55. The Balaban J connectivity index is 3.62. The van der Waals surface area contributed by atoms with Crippen LogP contribution in [0.5, 0.6) is 0 Å². The van der Waals surface area contributed by atoms with Crippen LogP contribution in [0.3, 0.4) is 0 Å². The van der Waals surface area contributed by atoms with E-state index in [1.807, 2.05) is 0 Å². The quantitative estimate of drug-likeness (QED) is 0.374. The molecular formula is C4H12NO3+. The van der Waals surface area contributed by atoms with Gasteiger partial charge in [-0.25, -0.2) is 0 Å². The molecule has 0 aromatic carbocycles. The van der Waals surface area contributed by atoms with Crippen molar-refractivity contribution in [1.82, 2.24) is 0 Å². The van der Waals surface area contributed by atoms with Crippen molar-refractivity contribution >= 4 is 0 Å². The van der Waals surface area contributed by atoms with Gasteiger partial charge in [-0.1, -0.05) is 6.92 Å². The van der Waals surface area contributed by atoms with Gasteiger partial charge < -0.3 is 0 Å². The molecule has 0 aliphatic rings. The molecule has 0 saturated carbocycles. The van der Waals surface area contributed by atoms with E-state index >= 15 is 0 Å². The molecule has 1 unspecified atom stereocenters. The van der Waals surface area contributed by atoms with Crippen molar-refractivity contribution in [3.8, 4) is 0 Å². The van der Waals surface area contributed by atoms with E-state index in [0.717, 1.165) is 0 Å². The van der Waals surface area contributed by atoms with E-state index in [0.29, 0.717) is 6.42 Å². The van der Waals surface area contributed by atoms with Crippen molar-refractivity contribution in [2.24, 2.45) is 0 Å². The van der Waals surface area contributed by atoms with Gasteiger partial charge in [0.25, 0.3) is 0 Å². The van der Waals surface area contributed by atoms with Gasteiger partial charge in [0.2, 0.25) is 0 Å². The fraction of sp³-hybridized carbons (Fsp3) is 1.00. The first-order chi connectivity index (χ1) is 3.48. The summed E-state index contributed by atoms with van der Waals surface area (Å²) >= 11 is 0. The maximum absolute atomic E-state index is 8.33. The van der Waals surface area contributed by atoms with Crippen molar-refractivity contribution in [1.29, 1.82) is 0 Å². The van der Waals surface area contributed by atoms with Crippen LogP contribution in [0.15, 0.2) is 0 Å². The molecule has 3 N–H and O–H groups in total. The topological polar surface area (TPSA) is 60.7 Å². The Morgan fingerprint density at radius 3 is 1.75 bits per heavy atom. The lowest BCUT2D eigenvalue weighted by atomic mass is 10.3. The maximum atomic E-state index is 8.33. The third kappa shape index (κ3) is 2.23. The van der Waals surface area contributed by atoms with Gasteiger partial charge in [-0.05, 0) is 6.92 Å². The minimum absolute atomic E-state index is 0.517. The maximum Gasteiger partial charge on any atom is 0.184 e. The van der Waals surface area contributed by atoms with Crippen LogP contribution in [0.4, 0.5) is 0 Å². The zero-order valence-electron chi connectivity index (χ0n) is 5.07. The van der Waals surface area contributed by atoms with E-state index in [4.69, 9.17) is 15.6 Å². The first kappa shape index (κ1) is 7.84. The lowest BCUT2D eigenvalue weighted by Gasteiger charge is -2.16. The number of hydrogen-bond acceptors (Lipinski definition) is 3. The normalized spacial score (nSPS) is 16.1. The van der Waals surface area contributed by atoms with E-state index in [1.54, 1.807) is 6.92 Å². The predicted octanol–water partition coefficient (Wildman–Crippen LogP) is 0.769. The number of hydroxylamine groups is 3. The minimum Gasteiger partial charge on any atom is -0.146 e. The molecule has 8 heavy (non-hydrogen) atoms. The fourth-order valence-electron chi connectivity index (χ4n) is 0.245. The summed E-state index contributed by atoms with van der Waals surface area (Å²) in [6.45, 7) is 3.28. The average molecular weight is 122 g/mol. The molecule has 0 bridgehead atoms. The van der Waals surface area contributed by atoms with Gasteiger partial charge in [0.05, 0.1) is 4.97 Å². The standard InChI is InChI=1S/C4H12NO3/c1-3-4(2)5(6,7)8/h4,6-8H,3H2,1-2H3/q+1. The van der Waals surface area contributed by atoms with Gasteiger partial charge in [0.15, 0.2) is 6.04 Å². The number of nitrogens with zero attached hydrogens (tertiary/aromatic N) is 1. The van der Waals surface area contributed by atoms with Crippen LogP contribution in [-0.4, -0.2) is 26.6 Å². The minimum atomic E-state index is -1.92. The third-order valence-electron chi connectivity index (χ3n) is 1.18. The van der Waals surface area contributed by atoms with E-state index < -0.39 is 11.0 Å². The van der Waals surface area contributed by atoms with Crippen molar-refractivity contribution < 1.29 is 20.6 Å². The second-order valence-electron chi connectivity index (χ2n) is 1.87. The second-order valence-corrected chi connectivity index (χ2v) is 1.87. The van der Waals surface area contributed by atoms with Gasteiger partial charge in [-0.3, -0.25) is 0 Å². The van der Waals surface area contributed by atoms with Crippen molar-refractivity contribution in [2.45, 2.75) is 26.3 Å². The Morgan fingerprint density at radius 2 is 1.75 bits per heavy atom. The molecular weight excluding hydrogens is 110 g/mol. The molecule has 0 aliphatic heterocycles. The highest BCUT2D eigenvalue weighted by Gasteiger charge is 2.26. The van der Waals surface area contributed by atoms with Gasteiger partial charge in [0.1, 0.15) is 0 Å². The summed E-state index contributed by atoms with van der Waals surface area (Å²) in [5, 5.41) is 25.0. The molecule has 0 aliphatic carbocycles. The number of hydrogen-bond donors (Lipinski definition) is 3. The highest BCUT2D eigenvalue weighted by molar-refractivity contribution is 4.35. The van der Waals surface area contributed by atoms with Crippen LogP contribution in [0.25, 0.3) is 0 Å². The molecule has 0 amide bonds. The molecule has 0 spiro atoms. The first-order valence-electron chi connectivity index (χ1n) is 2.55. The summed E-state index contributed by atoms with van der Waals surface area (Å²) in [6, 6.07) is -0.546. The van der Waals surface area contributed by atoms with Crippen LogP contribution in [0.1, 0.15) is 20.3 Å². The largest absolute Gasteiger partial charge is 0.184 e. The molecule has 0 radical (unpaired) electrons. The predicted molar refractivity (Wildman–Crippen MR) is 25.4 cm³/mol. The molecule has 4 nitrogen and oxygen atoms in total. The van der Waals surface area contributed by atoms with Crippen LogP contribution in [0, 0.1) is 0 Å². The summed E-state index contributed by atoms with van der Waals surface area (Å²) in [6.07, 6.45) is 0.517. The molecule has 0 rings (SSSR count). The lowest BCUT2D eigenvalue weighted by Crippen LogP contribution is -2.44. The highest BCUT2D eigenvalue weighted by atomic mass is 17.1. The molecule has 0 aromatic rings. The molecule has 0 aromatic heterocycles. The Bertz CT molecular complexity index is 68.2. The van der Waals surface area contributed by atoms with Gasteiger partial charge in [-0.2, -0.15) is 0 Å². The van der Waals surface area contributed by atoms with Crippen LogP contribution in [-0.2, 0) is 0 Å². The SMILES string of the molecule is CCC(C)[N+](O)(O)O. The Kier molecular flexibility index (Phi) is 2.36. The van der Waals surface area contributed by atoms with Gasteiger partial charge >= 0.3 is 0 Å². The van der Waals surface area contributed by atoms with Crippen LogP contribution < -0.4 is 0 Å². The van der Waals surface area contributed by atoms with E-state index in [1.165, 1.54) is 6.92 Å². The highest BCUT2D eigenvalue weighted by Crippen LogP contribution is 2.02. The third-order valence-corrected chi connectivity index (χ3v) is 1.18. The van der Waals surface area contributed by atoms with E-state index in [-0.39, 0.29) is 0 Å². The van der Waals surface area contributed by atoms with E-state index in [9.17, 15) is 0 Å². The Hall–Kier alpha value is -0.160. The van der Waals surface area contributed by atoms with E-state index in [2.05, 4.69) is 0 Å². The molecule has 0 saturated heterocycles. The van der Waals surface area contributed by atoms with Crippen molar-refractivity contribution in [3.05, 3.63) is 0 Å². The summed E-state index contributed by atoms with van der Waals surface area (Å²) in [5.74, 6) is 0.